The molecule has 1 heterocycles. The zero-order valence-corrected chi connectivity index (χ0v) is 15.5. The molecule has 0 saturated carbocycles. The highest BCUT2D eigenvalue weighted by atomic mass is 32.2. The largest absolute Gasteiger partial charge is 0.341 e. The minimum atomic E-state index is -2.46. The lowest BCUT2D eigenvalue weighted by atomic mass is 9.91. The highest BCUT2D eigenvalue weighted by Gasteiger charge is 2.33. The second-order valence-corrected chi connectivity index (χ2v) is 8.30. The van der Waals surface area contributed by atoms with Crippen LogP contribution >= 0.6 is 11.8 Å². The second kappa shape index (κ2) is 8.17. The number of hydrogen-bond donors (Lipinski definition) is 1. The van der Waals surface area contributed by atoms with E-state index in [4.69, 9.17) is 0 Å². The third-order valence-corrected chi connectivity index (χ3v) is 4.79. The first-order valence-corrected chi connectivity index (χ1v) is 9.20. The summed E-state index contributed by atoms with van der Waals surface area (Å²) in [6.07, 6.45) is 1.53. The summed E-state index contributed by atoms with van der Waals surface area (Å²) in [6.45, 7) is 6.72. The average Bonchev–Trinajstić information content (AvgIpc) is 2.54. The Morgan fingerprint density at radius 1 is 1.24 bits per heavy atom. The predicted molar refractivity (Wildman–Crippen MR) is 95.7 cm³/mol. The Bertz CT molecular complexity index is 614. The van der Waals surface area contributed by atoms with Gasteiger partial charge in [-0.1, -0.05) is 32.5 Å². The van der Waals surface area contributed by atoms with Gasteiger partial charge in [0, 0.05) is 29.1 Å². The van der Waals surface area contributed by atoms with Crippen molar-refractivity contribution in [3.05, 3.63) is 24.3 Å². The minimum Gasteiger partial charge on any atom is -0.341 e. The first-order valence-electron chi connectivity index (χ1n) is 8.32. The quantitative estimate of drug-likeness (QED) is 0.807. The number of piperidine rings is 1. The Balaban J connectivity index is 1.95. The number of halogens is 2. The maximum atomic E-state index is 12.5. The van der Waals surface area contributed by atoms with E-state index in [1.807, 2.05) is 20.8 Å². The van der Waals surface area contributed by atoms with Crippen LogP contribution in [0.1, 0.15) is 33.6 Å². The summed E-state index contributed by atoms with van der Waals surface area (Å²) in [6, 6.07) is 6.35. The van der Waals surface area contributed by atoms with Crippen LogP contribution < -0.4 is 5.32 Å². The van der Waals surface area contributed by atoms with E-state index in [0.717, 1.165) is 12.8 Å². The molecule has 1 aliphatic heterocycles. The molecule has 1 N–H and O–H groups in total. The number of carbonyl (C=O) groups excluding carboxylic acids is 2. The number of amides is 2. The fourth-order valence-corrected chi connectivity index (χ4v) is 3.31. The number of rotatable bonds is 4. The summed E-state index contributed by atoms with van der Waals surface area (Å²) in [5.41, 5.74) is 0.110. The molecule has 2 rings (SSSR count). The normalized spacial score (nSPS) is 18.3. The maximum absolute atomic E-state index is 12.5. The van der Waals surface area contributed by atoms with Crippen LogP contribution in [0, 0.1) is 11.3 Å². The van der Waals surface area contributed by atoms with Crippen LogP contribution in [0.4, 0.5) is 14.5 Å². The van der Waals surface area contributed by atoms with Crippen LogP contribution in [0.25, 0.3) is 0 Å². The van der Waals surface area contributed by atoms with E-state index >= 15 is 0 Å². The van der Waals surface area contributed by atoms with E-state index in [0.29, 0.717) is 35.4 Å². The number of benzene rings is 1. The number of thioether (sulfide) groups is 1. The van der Waals surface area contributed by atoms with Crippen molar-refractivity contribution in [1.29, 1.82) is 0 Å². The lowest BCUT2D eigenvalue weighted by Gasteiger charge is -2.35. The van der Waals surface area contributed by atoms with E-state index in [1.165, 1.54) is 0 Å². The third-order valence-electron chi connectivity index (χ3n) is 4.07. The van der Waals surface area contributed by atoms with Crippen molar-refractivity contribution in [3.8, 4) is 0 Å². The van der Waals surface area contributed by atoms with Gasteiger partial charge in [-0.25, -0.2) is 0 Å². The molecule has 0 aromatic heterocycles. The van der Waals surface area contributed by atoms with Gasteiger partial charge in [-0.05, 0) is 37.1 Å². The molecule has 0 bridgehead atoms. The van der Waals surface area contributed by atoms with E-state index in [1.54, 1.807) is 29.2 Å². The van der Waals surface area contributed by atoms with Crippen molar-refractivity contribution in [2.75, 3.05) is 18.4 Å². The molecule has 4 nitrogen and oxygen atoms in total. The number of nitrogens with zero attached hydrogens (tertiary/aromatic N) is 1. The first-order chi connectivity index (χ1) is 11.7. The molecular formula is C18H24F2N2O2S. The van der Waals surface area contributed by atoms with E-state index in [-0.39, 0.29) is 17.7 Å². The molecule has 1 aromatic rings. The molecule has 0 radical (unpaired) electrons. The molecule has 1 unspecified atom stereocenters. The highest BCUT2D eigenvalue weighted by Crippen LogP contribution is 2.27. The Labute approximate surface area is 151 Å². The van der Waals surface area contributed by atoms with Gasteiger partial charge >= 0.3 is 0 Å². The molecule has 138 valence electrons. The number of alkyl halides is 2. The van der Waals surface area contributed by atoms with Gasteiger partial charge in [-0.2, -0.15) is 8.78 Å². The van der Waals surface area contributed by atoms with E-state index in [2.05, 4.69) is 5.32 Å². The van der Waals surface area contributed by atoms with Crippen molar-refractivity contribution in [2.45, 2.75) is 44.3 Å². The fourth-order valence-electron chi connectivity index (χ4n) is 2.81. The zero-order valence-electron chi connectivity index (χ0n) is 14.7. The lowest BCUT2D eigenvalue weighted by Crippen LogP contribution is -2.47. The second-order valence-electron chi connectivity index (χ2n) is 7.23. The number of likely N-dealkylation sites (tertiary alicyclic amines) is 1. The molecule has 2 amide bonds. The molecule has 25 heavy (non-hydrogen) atoms. The third kappa shape index (κ3) is 5.70. The summed E-state index contributed by atoms with van der Waals surface area (Å²) in [5, 5.41) is 2.82. The summed E-state index contributed by atoms with van der Waals surface area (Å²) in [7, 11) is 0. The van der Waals surface area contributed by atoms with Gasteiger partial charge in [0.25, 0.3) is 5.76 Å². The molecule has 0 spiro atoms. The van der Waals surface area contributed by atoms with Crippen LogP contribution in [0.2, 0.25) is 0 Å². The van der Waals surface area contributed by atoms with Gasteiger partial charge in [0.2, 0.25) is 11.8 Å². The number of carbonyl (C=O) groups is 2. The molecule has 1 aliphatic rings. The van der Waals surface area contributed by atoms with Gasteiger partial charge in [-0.15, -0.1) is 0 Å². The summed E-state index contributed by atoms with van der Waals surface area (Å²) < 4.78 is 24.6. The maximum Gasteiger partial charge on any atom is 0.288 e. The fraction of sp³-hybridized carbons (Fsp3) is 0.556. The summed E-state index contributed by atoms with van der Waals surface area (Å²) >= 11 is 0.470. The van der Waals surface area contributed by atoms with Gasteiger partial charge in [-0.3, -0.25) is 9.59 Å². The standard InChI is InChI=1S/C18H24F2N2O2S/c1-18(2,3)16(24)22-10-4-5-12(11-22)15(23)21-13-6-8-14(9-7-13)25-17(19)20/h6-9,12,17H,4-5,10-11H2,1-3H3,(H,21,23). The van der Waals surface area contributed by atoms with Crippen molar-refractivity contribution in [2.24, 2.45) is 11.3 Å². The minimum absolute atomic E-state index is 0.0541. The van der Waals surface area contributed by atoms with Gasteiger partial charge in [0.15, 0.2) is 0 Å². The van der Waals surface area contributed by atoms with E-state index in [9.17, 15) is 18.4 Å². The Hall–Kier alpha value is -1.63. The summed E-state index contributed by atoms with van der Waals surface area (Å²) in [5.74, 6) is -2.80. The van der Waals surface area contributed by atoms with Gasteiger partial charge in [0.05, 0.1) is 5.92 Å². The van der Waals surface area contributed by atoms with Crippen LogP contribution in [0.15, 0.2) is 29.2 Å². The zero-order chi connectivity index (χ0) is 18.6. The SMILES string of the molecule is CC(C)(C)C(=O)N1CCCC(C(=O)Nc2ccc(SC(F)F)cc2)C1. The molecule has 1 atom stereocenters. The van der Waals surface area contributed by atoms with E-state index < -0.39 is 11.2 Å². The molecule has 1 saturated heterocycles. The Kier molecular flexibility index (Phi) is 6.43. The Morgan fingerprint density at radius 2 is 1.88 bits per heavy atom. The van der Waals surface area contributed by atoms with Crippen LogP contribution in [-0.2, 0) is 9.59 Å². The van der Waals surface area contributed by atoms with Crippen molar-refractivity contribution in [1.82, 2.24) is 4.90 Å². The number of anilines is 1. The van der Waals surface area contributed by atoms with Gasteiger partial charge < -0.3 is 10.2 Å². The molecule has 1 fully saturated rings. The lowest BCUT2D eigenvalue weighted by molar-refractivity contribution is -0.142. The first kappa shape index (κ1) is 19.7. The van der Waals surface area contributed by atoms with Crippen molar-refractivity contribution < 1.29 is 18.4 Å². The molecule has 7 heteroatoms. The average molecular weight is 370 g/mol. The number of hydrogen-bond acceptors (Lipinski definition) is 3. The molecule has 1 aromatic carbocycles. The number of nitrogens with one attached hydrogen (secondary N) is 1. The Morgan fingerprint density at radius 3 is 2.44 bits per heavy atom. The monoisotopic (exact) mass is 370 g/mol. The van der Waals surface area contributed by atoms with Crippen LogP contribution in [0.3, 0.4) is 0 Å². The topological polar surface area (TPSA) is 49.4 Å². The van der Waals surface area contributed by atoms with Crippen LogP contribution in [0.5, 0.6) is 0 Å². The predicted octanol–water partition coefficient (Wildman–Crippen LogP) is 4.22. The highest BCUT2D eigenvalue weighted by molar-refractivity contribution is 7.99. The van der Waals surface area contributed by atoms with Crippen molar-refractivity contribution in [3.63, 3.8) is 0 Å². The molecule has 0 aliphatic carbocycles. The van der Waals surface area contributed by atoms with Crippen LogP contribution in [-0.4, -0.2) is 35.6 Å². The molecular weight excluding hydrogens is 346 g/mol. The summed E-state index contributed by atoms with van der Waals surface area (Å²) in [4.78, 5) is 27.1. The van der Waals surface area contributed by atoms with Gasteiger partial charge in [0.1, 0.15) is 0 Å². The smallest absolute Gasteiger partial charge is 0.288 e. The van der Waals surface area contributed by atoms with Crippen molar-refractivity contribution >= 4 is 29.3 Å².